The van der Waals surface area contributed by atoms with Crippen LogP contribution in [-0.2, 0) is 0 Å². The molecule has 0 radical (unpaired) electrons. The van der Waals surface area contributed by atoms with Crippen molar-refractivity contribution in [2.45, 2.75) is 64.3 Å². The normalized spacial score (nSPS) is 13.1. The van der Waals surface area contributed by atoms with Crippen molar-refractivity contribution in [1.29, 1.82) is 0 Å². The molecule has 86 valence electrons. The van der Waals surface area contributed by atoms with E-state index < -0.39 is 0 Å². The average Bonchev–Trinajstić information content (AvgIpc) is 2.17. The molecule has 0 aromatic heterocycles. The van der Waals surface area contributed by atoms with Gasteiger partial charge in [0, 0.05) is 11.8 Å². The molecule has 14 heavy (non-hydrogen) atoms. The van der Waals surface area contributed by atoms with Gasteiger partial charge in [0.05, 0.1) is 0 Å². The molecule has 0 aliphatic heterocycles. The van der Waals surface area contributed by atoms with E-state index in [0.29, 0.717) is 6.04 Å². The van der Waals surface area contributed by atoms with Crippen LogP contribution in [0.4, 0.5) is 0 Å². The van der Waals surface area contributed by atoms with Crippen molar-refractivity contribution in [3.63, 3.8) is 0 Å². The SMILES string of the molecule is CCCCCCCCCC(N)CSC. The van der Waals surface area contributed by atoms with Crippen molar-refractivity contribution in [1.82, 2.24) is 0 Å². The Labute approximate surface area is 94.2 Å². The Hall–Kier alpha value is 0.310. The summed E-state index contributed by atoms with van der Waals surface area (Å²) in [6.07, 6.45) is 13.1. The maximum atomic E-state index is 5.93. The fourth-order valence-corrected chi connectivity index (χ4v) is 2.26. The molecule has 0 saturated carbocycles. The minimum absolute atomic E-state index is 0.431. The Morgan fingerprint density at radius 2 is 1.57 bits per heavy atom. The zero-order valence-corrected chi connectivity index (χ0v) is 10.7. The molecule has 1 nitrogen and oxygen atoms in total. The van der Waals surface area contributed by atoms with Crippen LogP contribution in [0, 0.1) is 0 Å². The summed E-state index contributed by atoms with van der Waals surface area (Å²) in [5.74, 6) is 1.12. The van der Waals surface area contributed by atoms with Crippen LogP contribution >= 0.6 is 11.8 Å². The van der Waals surface area contributed by atoms with Gasteiger partial charge in [-0.15, -0.1) is 0 Å². The maximum absolute atomic E-state index is 5.93. The first kappa shape index (κ1) is 14.3. The first-order valence-corrected chi connectivity index (χ1v) is 7.45. The van der Waals surface area contributed by atoms with Crippen LogP contribution < -0.4 is 5.73 Å². The van der Waals surface area contributed by atoms with Crippen LogP contribution in [0.15, 0.2) is 0 Å². The highest BCUT2D eigenvalue weighted by atomic mass is 32.2. The van der Waals surface area contributed by atoms with Crippen LogP contribution in [0.1, 0.15) is 58.3 Å². The molecule has 0 spiro atoms. The zero-order valence-electron chi connectivity index (χ0n) is 9.93. The summed E-state index contributed by atoms with van der Waals surface area (Å²) < 4.78 is 0. The first-order valence-electron chi connectivity index (χ1n) is 6.05. The molecule has 2 heteroatoms. The highest BCUT2D eigenvalue weighted by Gasteiger charge is 2.00. The van der Waals surface area contributed by atoms with E-state index >= 15 is 0 Å². The highest BCUT2D eigenvalue weighted by molar-refractivity contribution is 7.98. The van der Waals surface area contributed by atoms with Crippen molar-refractivity contribution >= 4 is 11.8 Å². The fourth-order valence-electron chi connectivity index (χ4n) is 1.66. The van der Waals surface area contributed by atoms with E-state index in [0.717, 1.165) is 5.75 Å². The zero-order chi connectivity index (χ0) is 10.6. The van der Waals surface area contributed by atoms with E-state index in [1.807, 2.05) is 11.8 Å². The van der Waals surface area contributed by atoms with Gasteiger partial charge in [-0.2, -0.15) is 11.8 Å². The smallest absolute Gasteiger partial charge is 0.0130 e. The molecule has 0 aliphatic rings. The van der Waals surface area contributed by atoms with Crippen LogP contribution in [-0.4, -0.2) is 18.1 Å². The van der Waals surface area contributed by atoms with Gasteiger partial charge in [0.15, 0.2) is 0 Å². The summed E-state index contributed by atoms with van der Waals surface area (Å²) in [7, 11) is 0. The number of rotatable bonds is 10. The molecule has 0 amide bonds. The molecule has 0 aromatic rings. The molecular weight excluding hydrogens is 190 g/mol. The minimum Gasteiger partial charge on any atom is -0.327 e. The summed E-state index contributed by atoms with van der Waals surface area (Å²) in [6, 6.07) is 0.431. The van der Waals surface area contributed by atoms with Gasteiger partial charge < -0.3 is 5.73 Å². The summed E-state index contributed by atoms with van der Waals surface area (Å²) in [5.41, 5.74) is 5.93. The number of thioether (sulfide) groups is 1. The Balaban J connectivity index is 2.98. The molecule has 2 N–H and O–H groups in total. The monoisotopic (exact) mass is 217 g/mol. The van der Waals surface area contributed by atoms with Crippen LogP contribution in [0.3, 0.4) is 0 Å². The van der Waals surface area contributed by atoms with E-state index in [4.69, 9.17) is 5.73 Å². The van der Waals surface area contributed by atoms with E-state index in [2.05, 4.69) is 13.2 Å². The third-order valence-electron chi connectivity index (χ3n) is 2.56. The first-order chi connectivity index (χ1) is 6.81. The van der Waals surface area contributed by atoms with Crippen molar-refractivity contribution in [2.75, 3.05) is 12.0 Å². The molecule has 0 saturated heterocycles. The molecule has 0 bridgehead atoms. The molecule has 0 aromatic carbocycles. The number of hydrogen-bond acceptors (Lipinski definition) is 2. The van der Waals surface area contributed by atoms with Crippen LogP contribution in [0.25, 0.3) is 0 Å². The van der Waals surface area contributed by atoms with Crippen molar-refractivity contribution in [2.24, 2.45) is 5.73 Å². The molecule has 0 heterocycles. The van der Waals surface area contributed by atoms with Gasteiger partial charge in [-0.25, -0.2) is 0 Å². The Morgan fingerprint density at radius 1 is 1.00 bits per heavy atom. The predicted molar refractivity (Wildman–Crippen MR) is 69.0 cm³/mol. The van der Waals surface area contributed by atoms with Gasteiger partial charge in [0.1, 0.15) is 0 Å². The summed E-state index contributed by atoms with van der Waals surface area (Å²) >= 11 is 1.86. The fraction of sp³-hybridized carbons (Fsp3) is 1.00. The van der Waals surface area contributed by atoms with E-state index in [9.17, 15) is 0 Å². The third kappa shape index (κ3) is 10.4. The van der Waals surface area contributed by atoms with Crippen LogP contribution in [0.2, 0.25) is 0 Å². The maximum Gasteiger partial charge on any atom is 0.0130 e. The standard InChI is InChI=1S/C12H27NS/c1-3-4-5-6-7-8-9-10-12(13)11-14-2/h12H,3-11,13H2,1-2H3. The summed E-state index contributed by atoms with van der Waals surface area (Å²) in [6.45, 7) is 2.27. The topological polar surface area (TPSA) is 26.0 Å². The second-order valence-electron chi connectivity index (χ2n) is 4.13. The lowest BCUT2D eigenvalue weighted by Gasteiger charge is -2.08. The van der Waals surface area contributed by atoms with Gasteiger partial charge in [-0.3, -0.25) is 0 Å². The Kier molecular flexibility index (Phi) is 11.6. The van der Waals surface area contributed by atoms with Gasteiger partial charge in [-0.1, -0.05) is 51.9 Å². The van der Waals surface area contributed by atoms with Crippen LogP contribution in [0.5, 0.6) is 0 Å². The van der Waals surface area contributed by atoms with Crippen molar-refractivity contribution in [3.05, 3.63) is 0 Å². The molecule has 1 unspecified atom stereocenters. The molecule has 0 rings (SSSR count). The summed E-state index contributed by atoms with van der Waals surface area (Å²) in [4.78, 5) is 0. The van der Waals surface area contributed by atoms with Crippen molar-refractivity contribution in [3.8, 4) is 0 Å². The molecule has 0 aliphatic carbocycles. The lowest BCUT2D eigenvalue weighted by Crippen LogP contribution is -2.22. The number of unbranched alkanes of at least 4 members (excludes halogenated alkanes) is 6. The third-order valence-corrected chi connectivity index (χ3v) is 3.32. The molecular formula is C12H27NS. The Bertz CT molecular complexity index is 106. The van der Waals surface area contributed by atoms with E-state index in [1.165, 1.54) is 51.4 Å². The lowest BCUT2D eigenvalue weighted by atomic mass is 10.1. The number of nitrogens with two attached hydrogens (primary N) is 1. The summed E-state index contributed by atoms with van der Waals surface area (Å²) in [5, 5.41) is 0. The lowest BCUT2D eigenvalue weighted by molar-refractivity contribution is 0.549. The van der Waals surface area contributed by atoms with Gasteiger partial charge in [-0.05, 0) is 12.7 Å². The molecule has 0 fully saturated rings. The second-order valence-corrected chi connectivity index (χ2v) is 5.04. The van der Waals surface area contributed by atoms with Gasteiger partial charge >= 0.3 is 0 Å². The van der Waals surface area contributed by atoms with Gasteiger partial charge in [0.2, 0.25) is 0 Å². The highest BCUT2D eigenvalue weighted by Crippen LogP contribution is 2.10. The predicted octanol–water partition coefficient (Wildman–Crippen LogP) is 3.82. The average molecular weight is 217 g/mol. The largest absolute Gasteiger partial charge is 0.327 e. The Morgan fingerprint density at radius 3 is 2.14 bits per heavy atom. The van der Waals surface area contributed by atoms with E-state index in [1.54, 1.807) is 0 Å². The minimum atomic E-state index is 0.431. The quantitative estimate of drug-likeness (QED) is 0.563. The van der Waals surface area contributed by atoms with E-state index in [-0.39, 0.29) is 0 Å². The second kappa shape index (κ2) is 11.4. The molecule has 1 atom stereocenters. The van der Waals surface area contributed by atoms with Crippen molar-refractivity contribution < 1.29 is 0 Å². The number of hydrogen-bond donors (Lipinski definition) is 1. The van der Waals surface area contributed by atoms with Gasteiger partial charge in [0.25, 0.3) is 0 Å².